The van der Waals surface area contributed by atoms with Crippen LogP contribution in [0.5, 0.6) is 0 Å². The zero-order valence-corrected chi connectivity index (χ0v) is 10.8. The number of nitrogen functional groups attached to an aromatic ring is 1. The van der Waals surface area contributed by atoms with Gasteiger partial charge in [-0.1, -0.05) is 27.7 Å². The van der Waals surface area contributed by atoms with Gasteiger partial charge < -0.3 is 5.73 Å². The smallest absolute Gasteiger partial charge is 0.183 e. The van der Waals surface area contributed by atoms with E-state index in [1.54, 1.807) is 6.92 Å². The molecule has 1 aromatic heterocycles. The summed E-state index contributed by atoms with van der Waals surface area (Å²) < 4.78 is 23.2. The topological polar surface area (TPSA) is 85.9 Å². The van der Waals surface area contributed by atoms with E-state index in [4.69, 9.17) is 5.73 Å². The van der Waals surface area contributed by atoms with Crippen LogP contribution in [0, 0.1) is 0 Å². The second kappa shape index (κ2) is 4.01. The standard InChI is InChI=1S/C10H17N3O2S/c1-5-16(14,15)7-6-12-9(10(2,3)4)13-8(7)11/h6H,5H2,1-4H3,(H2,11,12,13). The first-order chi connectivity index (χ1) is 7.18. The van der Waals surface area contributed by atoms with Gasteiger partial charge in [-0.2, -0.15) is 0 Å². The minimum Gasteiger partial charge on any atom is -0.383 e. The van der Waals surface area contributed by atoms with Crippen molar-refractivity contribution in [2.75, 3.05) is 11.5 Å². The number of hydrogen-bond donors (Lipinski definition) is 1. The van der Waals surface area contributed by atoms with Crippen molar-refractivity contribution in [3.8, 4) is 0 Å². The molecular weight excluding hydrogens is 226 g/mol. The van der Waals surface area contributed by atoms with Gasteiger partial charge in [0.05, 0.1) is 11.9 Å². The number of nitrogens with two attached hydrogens (primary N) is 1. The van der Waals surface area contributed by atoms with Crippen molar-refractivity contribution in [3.05, 3.63) is 12.0 Å². The van der Waals surface area contributed by atoms with E-state index in [0.717, 1.165) is 0 Å². The van der Waals surface area contributed by atoms with Crippen LogP contribution in [0.1, 0.15) is 33.5 Å². The third-order valence-corrected chi connectivity index (χ3v) is 3.91. The van der Waals surface area contributed by atoms with Gasteiger partial charge in [-0.05, 0) is 0 Å². The average Bonchev–Trinajstić information content (AvgIpc) is 2.16. The summed E-state index contributed by atoms with van der Waals surface area (Å²) in [5, 5.41) is 0. The summed E-state index contributed by atoms with van der Waals surface area (Å²) in [5.41, 5.74) is 5.40. The number of nitrogens with zero attached hydrogens (tertiary/aromatic N) is 2. The third-order valence-electron chi connectivity index (χ3n) is 2.17. The van der Waals surface area contributed by atoms with Crippen molar-refractivity contribution in [2.45, 2.75) is 38.0 Å². The number of hydrogen-bond acceptors (Lipinski definition) is 5. The number of anilines is 1. The molecule has 0 unspecified atom stereocenters. The summed E-state index contributed by atoms with van der Waals surface area (Å²) in [6, 6.07) is 0. The van der Waals surface area contributed by atoms with Gasteiger partial charge in [0.1, 0.15) is 16.5 Å². The van der Waals surface area contributed by atoms with Crippen LogP contribution in [0.3, 0.4) is 0 Å². The van der Waals surface area contributed by atoms with Crippen LogP contribution in [0.4, 0.5) is 5.82 Å². The molecule has 1 aromatic rings. The highest BCUT2D eigenvalue weighted by molar-refractivity contribution is 7.91. The molecule has 90 valence electrons. The summed E-state index contributed by atoms with van der Waals surface area (Å²) in [4.78, 5) is 8.12. The summed E-state index contributed by atoms with van der Waals surface area (Å²) in [6.07, 6.45) is 1.29. The fourth-order valence-corrected chi connectivity index (χ4v) is 2.03. The van der Waals surface area contributed by atoms with Crippen LogP contribution in [-0.4, -0.2) is 24.1 Å². The van der Waals surface area contributed by atoms with Crippen molar-refractivity contribution in [1.29, 1.82) is 0 Å². The molecular formula is C10H17N3O2S. The Morgan fingerprint density at radius 1 is 1.38 bits per heavy atom. The van der Waals surface area contributed by atoms with E-state index in [9.17, 15) is 8.42 Å². The Hall–Kier alpha value is -1.17. The molecule has 0 aromatic carbocycles. The van der Waals surface area contributed by atoms with E-state index in [2.05, 4.69) is 9.97 Å². The Kier molecular flexibility index (Phi) is 3.23. The van der Waals surface area contributed by atoms with Crippen molar-refractivity contribution in [2.24, 2.45) is 0 Å². The molecule has 1 heterocycles. The zero-order valence-electron chi connectivity index (χ0n) is 9.98. The van der Waals surface area contributed by atoms with Crippen molar-refractivity contribution in [3.63, 3.8) is 0 Å². The Morgan fingerprint density at radius 2 is 1.94 bits per heavy atom. The Balaban J connectivity index is 3.32. The monoisotopic (exact) mass is 243 g/mol. The van der Waals surface area contributed by atoms with Gasteiger partial charge in [-0.15, -0.1) is 0 Å². The predicted molar refractivity (Wildman–Crippen MR) is 62.9 cm³/mol. The molecule has 0 saturated carbocycles. The maximum atomic E-state index is 11.6. The SMILES string of the molecule is CCS(=O)(=O)c1cnc(C(C)(C)C)nc1N. The Bertz CT molecular complexity index is 489. The van der Waals surface area contributed by atoms with Crippen molar-refractivity contribution in [1.82, 2.24) is 9.97 Å². The van der Waals surface area contributed by atoms with Crippen LogP contribution in [0.15, 0.2) is 11.1 Å². The zero-order chi connectivity index (χ0) is 12.6. The second-order valence-electron chi connectivity index (χ2n) is 4.60. The first-order valence-electron chi connectivity index (χ1n) is 5.04. The molecule has 0 radical (unpaired) electrons. The molecule has 1 rings (SSSR count). The van der Waals surface area contributed by atoms with E-state index in [-0.39, 0.29) is 21.9 Å². The molecule has 2 N–H and O–H groups in total. The second-order valence-corrected chi connectivity index (χ2v) is 6.84. The summed E-state index contributed by atoms with van der Waals surface area (Å²) >= 11 is 0. The van der Waals surface area contributed by atoms with E-state index in [1.165, 1.54) is 6.20 Å². The number of sulfone groups is 1. The van der Waals surface area contributed by atoms with Gasteiger partial charge in [0, 0.05) is 5.41 Å². The lowest BCUT2D eigenvalue weighted by molar-refractivity contribution is 0.542. The summed E-state index contributed by atoms with van der Waals surface area (Å²) in [6.45, 7) is 7.38. The van der Waals surface area contributed by atoms with Crippen LogP contribution in [0.25, 0.3) is 0 Å². The molecule has 16 heavy (non-hydrogen) atoms. The fourth-order valence-electron chi connectivity index (χ4n) is 1.14. The van der Waals surface area contributed by atoms with Gasteiger partial charge >= 0.3 is 0 Å². The van der Waals surface area contributed by atoms with Gasteiger partial charge in [0.2, 0.25) is 0 Å². The molecule has 0 aliphatic rings. The minimum atomic E-state index is -3.34. The largest absolute Gasteiger partial charge is 0.383 e. The Labute approximate surface area is 96.0 Å². The molecule has 0 aliphatic heterocycles. The van der Waals surface area contributed by atoms with E-state index in [1.807, 2.05) is 20.8 Å². The van der Waals surface area contributed by atoms with Gasteiger partial charge in [0.15, 0.2) is 9.84 Å². The quantitative estimate of drug-likeness (QED) is 0.842. The number of aromatic nitrogens is 2. The Morgan fingerprint density at radius 3 is 2.31 bits per heavy atom. The number of rotatable bonds is 2. The van der Waals surface area contributed by atoms with E-state index in [0.29, 0.717) is 5.82 Å². The lowest BCUT2D eigenvalue weighted by atomic mass is 9.96. The molecule has 0 bridgehead atoms. The highest BCUT2D eigenvalue weighted by Crippen LogP contribution is 2.22. The third kappa shape index (κ3) is 2.49. The molecule has 0 aliphatic carbocycles. The van der Waals surface area contributed by atoms with Gasteiger partial charge in [-0.3, -0.25) is 0 Å². The molecule has 0 fully saturated rings. The molecule has 5 nitrogen and oxygen atoms in total. The van der Waals surface area contributed by atoms with Crippen molar-refractivity contribution < 1.29 is 8.42 Å². The predicted octanol–water partition coefficient (Wildman–Crippen LogP) is 1.15. The molecule has 6 heteroatoms. The van der Waals surface area contributed by atoms with Crippen LogP contribution in [-0.2, 0) is 15.3 Å². The maximum Gasteiger partial charge on any atom is 0.183 e. The summed E-state index contributed by atoms with van der Waals surface area (Å²) in [5.74, 6) is 0.567. The van der Waals surface area contributed by atoms with Crippen LogP contribution >= 0.6 is 0 Å². The normalized spacial score (nSPS) is 12.8. The molecule has 0 atom stereocenters. The first-order valence-corrected chi connectivity index (χ1v) is 6.69. The summed E-state index contributed by atoms with van der Waals surface area (Å²) in [7, 11) is -3.34. The van der Waals surface area contributed by atoms with Gasteiger partial charge in [-0.25, -0.2) is 18.4 Å². The van der Waals surface area contributed by atoms with Crippen molar-refractivity contribution >= 4 is 15.7 Å². The average molecular weight is 243 g/mol. The molecule has 0 amide bonds. The lowest BCUT2D eigenvalue weighted by Crippen LogP contribution is -2.19. The molecule has 0 spiro atoms. The first kappa shape index (κ1) is 12.9. The van der Waals surface area contributed by atoms with E-state index < -0.39 is 9.84 Å². The van der Waals surface area contributed by atoms with Crippen LogP contribution in [0.2, 0.25) is 0 Å². The highest BCUT2D eigenvalue weighted by Gasteiger charge is 2.22. The molecule has 0 saturated heterocycles. The van der Waals surface area contributed by atoms with Crippen LogP contribution < -0.4 is 5.73 Å². The lowest BCUT2D eigenvalue weighted by Gasteiger charge is -2.17. The maximum absolute atomic E-state index is 11.6. The fraction of sp³-hybridized carbons (Fsp3) is 0.600. The van der Waals surface area contributed by atoms with Gasteiger partial charge in [0.25, 0.3) is 0 Å². The highest BCUT2D eigenvalue weighted by atomic mass is 32.2. The van der Waals surface area contributed by atoms with E-state index >= 15 is 0 Å². The minimum absolute atomic E-state index is 0.00454.